The van der Waals surface area contributed by atoms with Crippen LogP contribution in [-0.2, 0) is 11.4 Å². The number of halogens is 1. The Morgan fingerprint density at radius 2 is 1.68 bits per heavy atom. The Bertz CT molecular complexity index is 1130. The van der Waals surface area contributed by atoms with Gasteiger partial charge in [0.25, 0.3) is 0 Å². The maximum atomic E-state index is 14.4. The molecule has 34 heavy (non-hydrogen) atoms. The molecule has 0 aliphatic heterocycles. The van der Waals surface area contributed by atoms with Crippen LogP contribution in [0.25, 0.3) is 0 Å². The van der Waals surface area contributed by atoms with E-state index in [9.17, 15) is 9.18 Å². The van der Waals surface area contributed by atoms with Crippen molar-refractivity contribution >= 4 is 11.7 Å². The molecule has 3 N–H and O–H groups in total. The number of hydrogen-bond donors (Lipinski definition) is 3. The number of carbonyl (C=O) groups is 1. The number of benzene rings is 3. The van der Waals surface area contributed by atoms with Gasteiger partial charge in [0.1, 0.15) is 30.5 Å². The number of aliphatic hydroxyl groups excluding tert-OH is 1. The predicted octanol–water partition coefficient (Wildman–Crippen LogP) is 4.54. The minimum atomic E-state index is -1.04. The first-order chi connectivity index (χ1) is 16.5. The fourth-order valence-corrected chi connectivity index (χ4v) is 2.98. The summed E-state index contributed by atoms with van der Waals surface area (Å²) in [5.41, 5.74) is 1.95. The van der Waals surface area contributed by atoms with Crippen molar-refractivity contribution in [3.05, 3.63) is 95.3 Å². The van der Waals surface area contributed by atoms with Crippen LogP contribution < -0.4 is 9.47 Å². The monoisotopic (exact) mass is 464 g/mol. The standard InChI is InChI=1S/C25H21FN2O4.CH4O/c26-23-13-22(32-16-24(28)18-4-2-1-3-5-18)11-8-19(23)15-31-21-9-6-17(7-10-21)20(14-27)12-25(29)30;1-2/h1-11,13,20,28H,12,15-16H2,(H,29,30);2H,1H3. The van der Waals surface area contributed by atoms with Crippen molar-refractivity contribution in [3.8, 4) is 17.6 Å². The van der Waals surface area contributed by atoms with Crippen LogP contribution in [0.2, 0.25) is 0 Å². The van der Waals surface area contributed by atoms with Crippen molar-refractivity contribution in [2.45, 2.75) is 18.9 Å². The minimum absolute atomic E-state index is 0.0118. The van der Waals surface area contributed by atoms with Crippen LogP contribution >= 0.6 is 0 Å². The maximum Gasteiger partial charge on any atom is 0.305 e. The number of aliphatic carboxylic acids is 1. The molecular weight excluding hydrogens is 439 g/mol. The van der Waals surface area contributed by atoms with E-state index in [4.69, 9.17) is 30.4 Å². The van der Waals surface area contributed by atoms with Crippen molar-refractivity contribution in [2.24, 2.45) is 0 Å². The van der Waals surface area contributed by atoms with E-state index in [1.807, 2.05) is 36.4 Å². The highest BCUT2D eigenvalue weighted by molar-refractivity contribution is 5.99. The summed E-state index contributed by atoms with van der Waals surface area (Å²) in [5.74, 6) is -1.49. The lowest BCUT2D eigenvalue weighted by molar-refractivity contribution is -0.137. The van der Waals surface area contributed by atoms with Gasteiger partial charge in [-0.05, 0) is 35.4 Å². The molecule has 8 heteroatoms. The molecule has 0 aliphatic carbocycles. The summed E-state index contributed by atoms with van der Waals surface area (Å²) in [6.07, 6.45) is -0.277. The smallest absolute Gasteiger partial charge is 0.305 e. The van der Waals surface area contributed by atoms with Gasteiger partial charge in [0.15, 0.2) is 0 Å². The SMILES string of the molecule is CO.N#CC(CC(=O)O)c1ccc(OCc2ccc(OCC(=N)c3ccccc3)cc2F)cc1. The van der Waals surface area contributed by atoms with Gasteiger partial charge in [-0.15, -0.1) is 0 Å². The maximum absolute atomic E-state index is 14.4. The average Bonchev–Trinajstić information content (AvgIpc) is 2.87. The third kappa shape index (κ3) is 7.73. The topological polar surface area (TPSA) is 124 Å². The number of aliphatic hydroxyl groups is 1. The number of nitriles is 1. The third-order valence-corrected chi connectivity index (χ3v) is 4.74. The van der Waals surface area contributed by atoms with E-state index in [1.54, 1.807) is 36.4 Å². The van der Waals surface area contributed by atoms with Crippen LogP contribution in [0, 0.1) is 22.6 Å². The Morgan fingerprint density at radius 1 is 1.03 bits per heavy atom. The van der Waals surface area contributed by atoms with Gasteiger partial charge in [-0.2, -0.15) is 5.26 Å². The molecule has 3 aromatic rings. The first-order valence-corrected chi connectivity index (χ1v) is 10.3. The number of hydrogen-bond acceptors (Lipinski definition) is 6. The van der Waals surface area contributed by atoms with Crippen molar-refractivity contribution < 1.29 is 28.9 Å². The number of rotatable bonds is 10. The molecule has 0 aliphatic rings. The van der Waals surface area contributed by atoms with Gasteiger partial charge in [0.2, 0.25) is 0 Å². The molecule has 0 aromatic heterocycles. The molecule has 0 saturated carbocycles. The van der Waals surface area contributed by atoms with Crippen LogP contribution in [0.5, 0.6) is 11.5 Å². The van der Waals surface area contributed by atoms with Crippen molar-refractivity contribution in [3.63, 3.8) is 0 Å². The Labute approximate surface area is 197 Å². The van der Waals surface area contributed by atoms with Crippen molar-refractivity contribution in [1.82, 2.24) is 0 Å². The number of ether oxygens (including phenoxy) is 2. The highest BCUT2D eigenvalue weighted by atomic mass is 19.1. The Kier molecular flexibility index (Phi) is 10.2. The third-order valence-electron chi connectivity index (χ3n) is 4.74. The molecule has 0 heterocycles. The van der Waals surface area contributed by atoms with Gasteiger partial charge in [-0.1, -0.05) is 42.5 Å². The highest BCUT2D eigenvalue weighted by Crippen LogP contribution is 2.23. The van der Waals surface area contributed by atoms with Crippen molar-refractivity contribution in [2.75, 3.05) is 13.7 Å². The molecule has 1 atom stereocenters. The summed E-state index contributed by atoms with van der Waals surface area (Å²) in [4.78, 5) is 10.8. The molecule has 0 fully saturated rings. The predicted molar refractivity (Wildman–Crippen MR) is 125 cm³/mol. The quantitative estimate of drug-likeness (QED) is 0.379. The normalized spacial score (nSPS) is 10.8. The zero-order valence-corrected chi connectivity index (χ0v) is 18.6. The fraction of sp³-hybridized carbons (Fsp3) is 0.192. The van der Waals surface area contributed by atoms with E-state index in [0.29, 0.717) is 28.3 Å². The molecule has 0 radical (unpaired) electrons. The summed E-state index contributed by atoms with van der Waals surface area (Å²) < 4.78 is 25.6. The molecule has 1 unspecified atom stereocenters. The van der Waals surface area contributed by atoms with E-state index >= 15 is 0 Å². The Balaban J connectivity index is 0.00000199. The summed E-state index contributed by atoms with van der Waals surface area (Å²) in [6.45, 7) is 0.0132. The largest absolute Gasteiger partial charge is 0.489 e. The van der Waals surface area contributed by atoms with Gasteiger partial charge in [-0.3, -0.25) is 4.79 Å². The van der Waals surface area contributed by atoms with Crippen LogP contribution in [0.4, 0.5) is 4.39 Å². The lowest BCUT2D eigenvalue weighted by Gasteiger charge is -2.11. The molecule has 0 bridgehead atoms. The summed E-state index contributed by atoms with van der Waals surface area (Å²) in [5, 5.41) is 33.0. The lowest BCUT2D eigenvalue weighted by Crippen LogP contribution is -2.11. The van der Waals surface area contributed by atoms with Gasteiger partial charge < -0.3 is 25.1 Å². The minimum Gasteiger partial charge on any atom is -0.489 e. The van der Waals surface area contributed by atoms with E-state index in [2.05, 4.69) is 0 Å². The first-order valence-electron chi connectivity index (χ1n) is 10.3. The Hall–Kier alpha value is -4.22. The van der Waals surface area contributed by atoms with E-state index < -0.39 is 17.7 Å². The molecule has 3 aromatic carbocycles. The van der Waals surface area contributed by atoms with E-state index in [1.165, 1.54) is 6.07 Å². The molecular formula is C26H25FN2O5. The molecule has 7 nitrogen and oxygen atoms in total. The molecule has 0 amide bonds. The molecule has 0 spiro atoms. The summed E-state index contributed by atoms with van der Waals surface area (Å²) in [6, 6.07) is 22.0. The number of carboxylic acids is 1. The second-order valence-electron chi connectivity index (χ2n) is 7.02. The molecule has 176 valence electrons. The lowest BCUT2D eigenvalue weighted by atomic mass is 9.97. The number of nitrogens with zero attached hydrogens (tertiary/aromatic N) is 1. The van der Waals surface area contributed by atoms with Crippen LogP contribution in [0.1, 0.15) is 29.0 Å². The zero-order valence-electron chi connectivity index (χ0n) is 18.6. The van der Waals surface area contributed by atoms with Crippen LogP contribution in [0.15, 0.2) is 72.8 Å². The van der Waals surface area contributed by atoms with Crippen molar-refractivity contribution in [1.29, 1.82) is 10.7 Å². The summed E-state index contributed by atoms with van der Waals surface area (Å²) in [7, 11) is 1.00. The zero-order chi connectivity index (χ0) is 24.9. The highest BCUT2D eigenvalue weighted by Gasteiger charge is 2.15. The van der Waals surface area contributed by atoms with E-state index in [-0.39, 0.29) is 19.6 Å². The van der Waals surface area contributed by atoms with Gasteiger partial charge in [0.05, 0.1) is 24.1 Å². The Morgan fingerprint density at radius 3 is 2.26 bits per heavy atom. The fourth-order valence-electron chi connectivity index (χ4n) is 2.98. The van der Waals surface area contributed by atoms with Gasteiger partial charge >= 0.3 is 5.97 Å². The van der Waals surface area contributed by atoms with Gasteiger partial charge in [0, 0.05) is 18.7 Å². The first kappa shape index (κ1) is 26.0. The average molecular weight is 464 g/mol. The van der Waals surface area contributed by atoms with Crippen LogP contribution in [-0.4, -0.2) is 35.6 Å². The second kappa shape index (κ2) is 13.4. The number of nitrogens with one attached hydrogen (secondary N) is 1. The molecule has 0 saturated heterocycles. The number of carboxylic acid groups (broad SMARTS) is 1. The van der Waals surface area contributed by atoms with Gasteiger partial charge in [-0.25, -0.2) is 4.39 Å². The van der Waals surface area contributed by atoms with Crippen LogP contribution in [0.3, 0.4) is 0 Å². The van der Waals surface area contributed by atoms with E-state index in [0.717, 1.165) is 12.7 Å². The summed E-state index contributed by atoms with van der Waals surface area (Å²) >= 11 is 0. The molecule has 3 rings (SSSR count). The second-order valence-corrected chi connectivity index (χ2v) is 7.02.